The first-order valence-electron chi connectivity index (χ1n) is 8.59. The fourth-order valence-electron chi connectivity index (χ4n) is 2.70. The Balaban J connectivity index is 2.03. The summed E-state index contributed by atoms with van der Waals surface area (Å²) in [5, 5.41) is 16.8. The van der Waals surface area contributed by atoms with E-state index in [0.29, 0.717) is 18.1 Å². The molecule has 10 heteroatoms. The van der Waals surface area contributed by atoms with E-state index in [1.807, 2.05) is 19.9 Å². The molecule has 0 saturated heterocycles. The van der Waals surface area contributed by atoms with Gasteiger partial charge in [0, 0.05) is 12.3 Å². The van der Waals surface area contributed by atoms with Crippen LogP contribution in [-0.4, -0.2) is 32.2 Å². The van der Waals surface area contributed by atoms with Gasteiger partial charge in [-0.15, -0.1) is 13.2 Å². The largest absolute Gasteiger partial charge is 0.573 e. The minimum absolute atomic E-state index is 0.0874. The molecule has 0 spiro atoms. The van der Waals surface area contributed by atoms with E-state index in [9.17, 15) is 23.1 Å². The Hall–Kier alpha value is -3.56. The number of hydrogen-bond donors (Lipinski definition) is 2. The number of carboxylic acids is 1. The highest BCUT2D eigenvalue weighted by molar-refractivity contribution is 5.95. The maximum atomic E-state index is 12.4. The normalized spacial score (nSPS) is 11.3. The quantitative estimate of drug-likeness (QED) is 0.628. The Morgan fingerprint density at radius 2 is 2.03 bits per heavy atom. The summed E-state index contributed by atoms with van der Waals surface area (Å²) in [6.45, 7) is 3.76. The second-order valence-corrected chi connectivity index (χ2v) is 6.12. The highest BCUT2D eigenvalue weighted by Gasteiger charge is 2.31. The van der Waals surface area contributed by atoms with Crippen molar-refractivity contribution in [2.75, 3.05) is 5.32 Å². The van der Waals surface area contributed by atoms with E-state index >= 15 is 0 Å². The topological polar surface area (TPSA) is 89.3 Å². The zero-order valence-electron chi connectivity index (χ0n) is 15.5. The van der Waals surface area contributed by atoms with Gasteiger partial charge in [-0.1, -0.05) is 13.0 Å². The molecule has 0 aliphatic heterocycles. The first kappa shape index (κ1) is 20.2. The van der Waals surface area contributed by atoms with Crippen molar-refractivity contribution in [2.45, 2.75) is 26.6 Å². The van der Waals surface area contributed by atoms with Crippen molar-refractivity contribution in [2.24, 2.45) is 0 Å². The molecule has 0 radical (unpaired) electrons. The van der Waals surface area contributed by atoms with E-state index in [2.05, 4.69) is 20.1 Å². The summed E-state index contributed by atoms with van der Waals surface area (Å²) in [4.78, 5) is 15.9. The summed E-state index contributed by atoms with van der Waals surface area (Å²) < 4.78 is 42.7. The highest BCUT2D eigenvalue weighted by atomic mass is 19.4. The molecule has 1 aromatic carbocycles. The lowest BCUT2D eigenvalue weighted by Crippen LogP contribution is -2.17. The monoisotopic (exact) mass is 406 g/mol. The fourth-order valence-corrected chi connectivity index (χ4v) is 2.70. The van der Waals surface area contributed by atoms with E-state index in [0.717, 1.165) is 23.4 Å². The minimum atomic E-state index is -4.92. The molecule has 2 heterocycles. The average Bonchev–Trinajstić information content (AvgIpc) is 3.04. The summed E-state index contributed by atoms with van der Waals surface area (Å²) in [5.41, 5.74) is 1.28. The van der Waals surface area contributed by atoms with Crippen molar-refractivity contribution in [3.63, 3.8) is 0 Å². The molecule has 29 heavy (non-hydrogen) atoms. The van der Waals surface area contributed by atoms with Gasteiger partial charge < -0.3 is 15.2 Å². The number of anilines is 2. The van der Waals surface area contributed by atoms with Crippen LogP contribution in [0.5, 0.6) is 5.75 Å². The molecule has 0 aliphatic rings. The van der Waals surface area contributed by atoms with Gasteiger partial charge in [0.15, 0.2) is 5.82 Å². The predicted molar refractivity (Wildman–Crippen MR) is 98.8 cm³/mol. The average molecular weight is 406 g/mol. The van der Waals surface area contributed by atoms with Crippen LogP contribution in [0.2, 0.25) is 0 Å². The molecule has 3 rings (SSSR count). The number of aromatic nitrogens is 3. The van der Waals surface area contributed by atoms with E-state index in [1.165, 1.54) is 10.7 Å². The van der Waals surface area contributed by atoms with Gasteiger partial charge in [0.2, 0.25) is 0 Å². The summed E-state index contributed by atoms with van der Waals surface area (Å²) >= 11 is 0. The third-order valence-corrected chi connectivity index (χ3v) is 4.02. The van der Waals surface area contributed by atoms with Gasteiger partial charge in [0.1, 0.15) is 11.6 Å². The maximum absolute atomic E-state index is 12.4. The molecule has 0 bridgehead atoms. The number of ether oxygens (including phenoxy) is 1. The zero-order chi connectivity index (χ0) is 21.2. The summed E-state index contributed by atoms with van der Waals surface area (Å²) in [6, 6.07) is 8.41. The summed E-state index contributed by atoms with van der Waals surface area (Å²) in [7, 11) is 0. The number of halogens is 3. The van der Waals surface area contributed by atoms with Crippen LogP contribution < -0.4 is 10.1 Å². The van der Waals surface area contributed by atoms with E-state index in [4.69, 9.17) is 0 Å². The van der Waals surface area contributed by atoms with Crippen LogP contribution in [0.4, 0.5) is 24.7 Å². The van der Waals surface area contributed by atoms with Crippen LogP contribution in [-0.2, 0) is 6.42 Å². The summed E-state index contributed by atoms with van der Waals surface area (Å²) in [5.74, 6) is -1.06. The molecule has 7 nitrogen and oxygen atoms in total. The van der Waals surface area contributed by atoms with Gasteiger partial charge in [0.05, 0.1) is 16.9 Å². The molecule has 0 fully saturated rings. The van der Waals surface area contributed by atoms with Crippen LogP contribution in [0, 0.1) is 6.92 Å². The Labute approximate surface area is 163 Å². The van der Waals surface area contributed by atoms with Gasteiger partial charge in [-0.25, -0.2) is 9.78 Å². The highest BCUT2D eigenvalue weighted by Crippen LogP contribution is 2.30. The maximum Gasteiger partial charge on any atom is 0.573 e. The molecule has 3 aromatic rings. The first-order chi connectivity index (χ1) is 13.7. The number of carbonyl (C=O) groups is 1. The third-order valence-electron chi connectivity index (χ3n) is 4.02. The number of aromatic carboxylic acids is 1. The van der Waals surface area contributed by atoms with Crippen molar-refractivity contribution in [1.29, 1.82) is 0 Å². The third kappa shape index (κ3) is 4.65. The number of nitrogens with zero attached hydrogens (tertiary/aromatic N) is 3. The molecular weight excluding hydrogens is 389 g/mol. The SMILES string of the molecule is CCc1cc(Nc2ccc(OC(F)(F)F)cc2C(=O)O)n(-c2ncccc2C)n1. The number of carboxylic acid groups (broad SMARTS) is 1. The lowest BCUT2D eigenvalue weighted by Gasteiger charge is -2.14. The Morgan fingerprint density at radius 1 is 1.28 bits per heavy atom. The van der Waals surface area contributed by atoms with Crippen molar-refractivity contribution >= 4 is 17.5 Å². The van der Waals surface area contributed by atoms with Crippen molar-refractivity contribution in [1.82, 2.24) is 14.8 Å². The van der Waals surface area contributed by atoms with Crippen molar-refractivity contribution in [3.8, 4) is 11.6 Å². The Bertz CT molecular complexity index is 1050. The second kappa shape index (κ2) is 7.82. The van der Waals surface area contributed by atoms with E-state index < -0.39 is 18.1 Å². The Kier molecular flexibility index (Phi) is 5.44. The number of pyridine rings is 1. The molecule has 0 aliphatic carbocycles. The number of hydrogen-bond acceptors (Lipinski definition) is 5. The second-order valence-electron chi connectivity index (χ2n) is 6.12. The number of rotatable bonds is 6. The van der Waals surface area contributed by atoms with Gasteiger partial charge in [-0.3, -0.25) is 0 Å². The van der Waals surface area contributed by atoms with Crippen LogP contribution in [0.25, 0.3) is 5.82 Å². The van der Waals surface area contributed by atoms with Crippen molar-refractivity contribution < 1.29 is 27.8 Å². The zero-order valence-corrected chi connectivity index (χ0v) is 15.5. The fraction of sp³-hybridized carbons (Fsp3) is 0.211. The number of alkyl halides is 3. The van der Waals surface area contributed by atoms with Gasteiger partial charge >= 0.3 is 12.3 Å². The van der Waals surface area contributed by atoms with Crippen LogP contribution in [0.15, 0.2) is 42.6 Å². The summed E-state index contributed by atoms with van der Waals surface area (Å²) in [6.07, 6.45) is -2.70. The van der Waals surface area contributed by atoms with Crippen molar-refractivity contribution in [3.05, 3.63) is 59.4 Å². The molecule has 152 valence electrons. The van der Waals surface area contributed by atoms with Crippen LogP contribution >= 0.6 is 0 Å². The first-order valence-corrected chi connectivity index (χ1v) is 8.59. The minimum Gasteiger partial charge on any atom is -0.478 e. The van der Waals surface area contributed by atoms with Gasteiger partial charge in [-0.2, -0.15) is 9.78 Å². The smallest absolute Gasteiger partial charge is 0.478 e. The lowest BCUT2D eigenvalue weighted by molar-refractivity contribution is -0.274. The molecule has 0 atom stereocenters. The van der Waals surface area contributed by atoms with Gasteiger partial charge in [-0.05, 0) is 43.2 Å². The van der Waals surface area contributed by atoms with Crippen LogP contribution in [0.3, 0.4) is 0 Å². The van der Waals surface area contributed by atoms with Crippen LogP contribution in [0.1, 0.15) is 28.5 Å². The number of nitrogens with one attached hydrogen (secondary N) is 1. The van der Waals surface area contributed by atoms with E-state index in [1.54, 1.807) is 18.3 Å². The molecule has 0 unspecified atom stereocenters. The molecule has 0 saturated carbocycles. The number of aryl methyl sites for hydroxylation is 2. The Morgan fingerprint density at radius 3 is 2.66 bits per heavy atom. The van der Waals surface area contributed by atoms with E-state index in [-0.39, 0.29) is 11.3 Å². The predicted octanol–water partition coefficient (Wildman–Crippen LogP) is 4.48. The standard InChI is InChI=1S/C19H17F3N4O3/c1-3-12-9-16(26(25-12)17-11(2)5-4-8-23-17)24-15-7-6-13(29-19(20,21)22)10-14(15)18(27)28/h4-10,24H,3H2,1-2H3,(H,27,28). The molecule has 2 aromatic heterocycles. The number of benzene rings is 1. The van der Waals surface area contributed by atoms with Gasteiger partial charge in [0.25, 0.3) is 0 Å². The molecule has 0 amide bonds. The lowest BCUT2D eigenvalue weighted by atomic mass is 10.1. The molecular formula is C19H17F3N4O3. The molecule has 2 N–H and O–H groups in total.